The molecule has 0 aromatic rings. The van der Waals surface area contributed by atoms with Crippen LogP contribution in [0.4, 0.5) is 0 Å². The van der Waals surface area contributed by atoms with Crippen molar-refractivity contribution < 1.29 is 9.53 Å². The fraction of sp³-hybridized carbons (Fsp3) is 0.867. The number of carbonyl (C=O) groups is 1. The zero-order valence-electron chi connectivity index (χ0n) is 13.5. The van der Waals surface area contributed by atoms with Crippen LogP contribution in [0.5, 0.6) is 0 Å². The van der Waals surface area contributed by atoms with Crippen molar-refractivity contribution in [3.63, 3.8) is 0 Å². The Morgan fingerprint density at radius 1 is 1.10 bits per heavy atom. The van der Waals surface area contributed by atoms with E-state index in [1.165, 1.54) is 26.4 Å². The molecule has 0 atom stereocenters. The lowest BCUT2D eigenvalue weighted by Crippen LogP contribution is -2.38. The van der Waals surface area contributed by atoms with Crippen LogP contribution in [0, 0.1) is 5.92 Å². The maximum absolute atomic E-state index is 10.9. The summed E-state index contributed by atoms with van der Waals surface area (Å²) < 4.78 is 4.60. The molecule has 0 spiro atoms. The van der Waals surface area contributed by atoms with Crippen LogP contribution in [0.1, 0.15) is 52.4 Å². The highest BCUT2D eigenvalue weighted by Crippen LogP contribution is 2.04. The predicted octanol–water partition coefficient (Wildman–Crippen LogP) is 2.32. The molecule has 0 aliphatic heterocycles. The molecule has 0 rings (SSSR count). The Labute approximate surface area is 123 Å². The van der Waals surface area contributed by atoms with E-state index >= 15 is 0 Å². The number of methoxy groups -OCH3 is 1. The first-order valence-corrected chi connectivity index (χ1v) is 7.61. The molecule has 0 amide bonds. The second kappa shape index (κ2) is 12.8. The number of unbranched alkanes of at least 4 members (excludes halogenated alkanes) is 2. The molecular weight excluding hydrogens is 254 g/mol. The van der Waals surface area contributed by atoms with E-state index in [0.29, 0.717) is 6.42 Å². The zero-order valence-corrected chi connectivity index (χ0v) is 13.5. The van der Waals surface area contributed by atoms with Crippen LogP contribution < -0.4 is 10.6 Å². The summed E-state index contributed by atoms with van der Waals surface area (Å²) in [6, 6.07) is 0. The summed E-state index contributed by atoms with van der Waals surface area (Å²) in [6.45, 7) is 6.28. The van der Waals surface area contributed by atoms with Gasteiger partial charge in [0.25, 0.3) is 0 Å². The third-order valence-corrected chi connectivity index (χ3v) is 3.05. The van der Waals surface area contributed by atoms with Gasteiger partial charge >= 0.3 is 5.97 Å². The molecular formula is C15H31N3O2. The Morgan fingerprint density at radius 3 is 2.20 bits per heavy atom. The second-order valence-electron chi connectivity index (χ2n) is 5.35. The summed E-state index contributed by atoms with van der Waals surface area (Å²) in [5, 5.41) is 6.55. The van der Waals surface area contributed by atoms with Crippen LogP contribution in [-0.4, -0.2) is 39.2 Å². The van der Waals surface area contributed by atoms with Gasteiger partial charge in [-0.05, 0) is 25.2 Å². The number of ether oxygens (including phenoxy) is 1. The Balaban J connectivity index is 3.50. The van der Waals surface area contributed by atoms with E-state index in [1.807, 2.05) is 0 Å². The minimum atomic E-state index is -0.141. The molecule has 0 bridgehead atoms. The van der Waals surface area contributed by atoms with Gasteiger partial charge in [-0.1, -0.05) is 26.7 Å². The minimum Gasteiger partial charge on any atom is -0.469 e. The standard InChI is InChI=1S/C15H31N3O2/c1-13(2)9-5-7-11-17-15(16-3)18-12-8-6-10-14(19)20-4/h13H,5-12H2,1-4H3,(H2,16,17,18). The number of esters is 1. The predicted molar refractivity (Wildman–Crippen MR) is 83.9 cm³/mol. The van der Waals surface area contributed by atoms with Gasteiger partial charge in [0.1, 0.15) is 0 Å². The highest BCUT2D eigenvalue weighted by atomic mass is 16.5. The van der Waals surface area contributed by atoms with Crippen molar-refractivity contribution >= 4 is 11.9 Å². The first-order valence-electron chi connectivity index (χ1n) is 7.61. The van der Waals surface area contributed by atoms with E-state index in [1.54, 1.807) is 7.05 Å². The molecule has 0 saturated carbocycles. The van der Waals surface area contributed by atoms with E-state index in [9.17, 15) is 4.79 Å². The van der Waals surface area contributed by atoms with Crippen molar-refractivity contribution in [3.8, 4) is 0 Å². The lowest BCUT2D eigenvalue weighted by Gasteiger charge is -2.12. The van der Waals surface area contributed by atoms with Crippen LogP contribution in [0.2, 0.25) is 0 Å². The number of hydrogen-bond donors (Lipinski definition) is 2. The van der Waals surface area contributed by atoms with E-state index in [2.05, 4.69) is 34.2 Å². The molecule has 0 aliphatic rings. The SMILES string of the molecule is CN=C(NCCCCC(=O)OC)NCCCCC(C)C. The summed E-state index contributed by atoms with van der Waals surface area (Å²) in [5.74, 6) is 1.48. The molecule has 2 N–H and O–H groups in total. The van der Waals surface area contributed by atoms with Gasteiger partial charge in [-0.3, -0.25) is 9.79 Å². The maximum Gasteiger partial charge on any atom is 0.305 e. The number of carbonyl (C=O) groups excluding carboxylic acids is 1. The third kappa shape index (κ3) is 11.8. The normalized spacial score (nSPS) is 11.6. The first kappa shape index (κ1) is 18.7. The van der Waals surface area contributed by atoms with Crippen LogP contribution in [0.3, 0.4) is 0 Å². The lowest BCUT2D eigenvalue weighted by atomic mass is 10.1. The Morgan fingerprint density at radius 2 is 1.70 bits per heavy atom. The second-order valence-corrected chi connectivity index (χ2v) is 5.35. The molecule has 5 nitrogen and oxygen atoms in total. The quantitative estimate of drug-likeness (QED) is 0.280. The summed E-state index contributed by atoms with van der Waals surface area (Å²) in [6.07, 6.45) is 5.96. The Kier molecular flexibility index (Phi) is 12.0. The third-order valence-electron chi connectivity index (χ3n) is 3.05. The average molecular weight is 285 g/mol. The molecule has 0 aromatic heterocycles. The van der Waals surface area contributed by atoms with Crippen molar-refractivity contribution in [1.29, 1.82) is 0 Å². The smallest absolute Gasteiger partial charge is 0.305 e. The monoisotopic (exact) mass is 285 g/mol. The molecule has 5 heteroatoms. The zero-order chi connectivity index (χ0) is 15.2. The number of nitrogens with zero attached hydrogens (tertiary/aromatic N) is 1. The topological polar surface area (TPSA) is 62.7 Å². The van der Waals surface area contributed by atoms with E-state index < -0.39 is 0 Å². The van der Waals surface area contributed by atoms with Gasteiger partial charge in [0.05, 0.1) is 7.11 Å². The van der Waals surface area contributed by atoms with Crippen LogP contribution in [0.25, 0.3) is 0 Å². The maximum atomic E-state index is 10.9. The van der Waals surface area contributed by atoms with Crippen molar-refractivity contribution in [2.75, 3.05) is 27.2 Å². The van der Waals surface area contributed by atoms with Crippen molar-refractivity contribution in [2.24, 2.45) is 10.9 Å². The number of nitrogens with one attached hydrogen (secondary N) is 2. The largest absolute Gasteiger partial charge is 0.469 e. The molecule has 0 heterocycles. The molecule has 20 heavy (non-hydrogen) atoms. The number of rotatable bonds is 10. The van der Waals surface area contributed by atoms with Gasteiger partial charge < -0.3 is 15.4 Å². The van der Waals surface area contributed by atoms with E-state index in [4.69, 9.17) is 0 Å². The summed E-state index contributed by atoms with van der Waals surface area (Å²) >= 11 is 0. The minimum absolute atomic E-state index is 0.141. The van der Waals surface area contributed by atoms with Gasteiger partial charge in [-0.25, -0.2) is 0 Å². The van der Waals surface area contributed by atoms with E-state index in [0.717, 1.165) is 37.8 Å². The Bertz CT molecular complexity index is 278. The van der Waals surface area contributed by atoms with Crippen molar-refractivity contribution in [1.82, 2.24) is 10.6 Å². The highest BCUT2D eigenvalue weighted by molar-refractivity contribution is 5.79. The molecule has 0 saturated heterocycles. The van der Waals surface area contributed by atoms with Gasteiger partial charge in [-0.2, -0.15) is 0 Å². The fourth-order valence-electron chi connectivity index (χ4n) is 1.81. The molecule has 0 aliphatic carbocycles. The molecule has 0 aromatic carbocycles. The summed E-state index contributed by atoms with van der Waals surface area (Å²) in [7, 11) is 3.20. The molecule has 0 radical (unpaired) electrons. The lowest BCUT2D eigenvalue weighted by molar-refractivity contribution is -0.140. The summed E-state index contributed by atoms with van der Waals surface area (Å²) in [5.41, 5.74) is 0. The molecule has 118 valence electrons. The van der Waals surface area contributed by atoms with Crippen LogP contribution in [-0.2, 0) is 9.53 Å². The number of guanidine groups is 1. The van der Waals surface area contributed by atoms with Crippen molar-refractivity contribution in [2.45, 2.75) is 52.4 Å². The average Bonchev–Trinajstić information content (AvgIpc) is 2.43. The van der Waals surface area contributed by atoms with Gasteiger partial charge in [0, 0.05) is 26.6 Å². The van der Waals surface area contributed by atoms with Gasteiger partial charge in [0.15, 0.2) is 5.96 Å². The van der Waals surface area contributed by atoms with E-state index in [-0.39, 0.29) is 5.97 Å². The van der Waals surface area contributed by atoms with Crippen LogP contribution >= 0.6 is 0 Å². The fourth-order valence-corrected chi connectivity index (χ4v) is 1.81. The molecule has 0 fully saturated rings. The van der Waals surface area contributed by atoms with Gasteiger partial charge in [0.2, 0.25) is 0 Å². The first-order chi connectivity index (χ1) is 9.60. The van der Waals surface area contributed by atoms with Crippen molar-refractivity contribution in [3.05, 3.63) is 0 Å². The summed E-state index contributed by atoms with van der Waals surface area (Å²) in [4.78, 5) is 15.1. The van der Waals surface area contributed by atoms with Gasteiger partial charge in [-0.15, -0.1) is 0 Å². The van der Waals surface area contributed by atoms with Crippen LogP contribution in [0.15, 0.2) is 4.99 Å². The number of hydrogen-bond acceptors (Lipinski definition) is 3. The highest BCUT2D eigenvalue weighted by Gasteiger charge is 2.00. The molecule has 0 unspecified atom stereocenters. The Hall–Kier alpha value is -1.26. The number of aliphatic imine (C=N–C) groups is 1.